The zero-order chi connectivity index (χ0) is 10.1. The normalized spacial score (nSPS) is 11.4. The first-order valence-electron chi connectivity index (χ1n) is 4.76. The van der Waals surface area contributed by atoms with Gasteiger partial charge < -0.3 is 4.98 Å². The van der Waals surface area contributed by atoms with Crippen LogP contribution >= 0.6 is 11.6 Å². The predicted octanol–water partition coefficient (Wildman–Crippen LogP) is 3.43. The number of nitrogens with zero attached hydrogens (tertiary/aromatic N) is 1. The van der Waals surface area contributed by atoms with Crippen molar-refractivity contribution < 1.29 is 0 Å². The molecule has 0 unspecified atom stereocenters. The highest BCUT2D eigenvalue weighted by Crippen LogP contribution is 2.23. The summed E-state index contributed by atoms with van der Waals surface area (Å²) in [6.45, 7) is 4.34. The lowest BCUT2D eigenvalue weighted by atomic mass is 10.0. The summed E-state index contributed by atoms with van der Waals surface area (Å²) in [5.74, 6) is 1.77. The smallest absolute Gasteiger partial charge is 0.122 e. The summed E-state index contributed by atoms with van der Waals surface area (Å²) >= 11 is 5.74. The van der Waals surface area contributed by atoms with Gasteiger partial charge in [-0.2, -0.15) is 0 Å². The molecule has 0 atom stereocenters. The first-order valence-corrected chi connectivity index (χ1v) is 5.29. The summed E-state index contributed by atoms with van der Waals surface area (Å²) in [6, 6.07) is 6.20. The second kappa shape index (κ2) is 3.62. The van der Waals surface area contributed by atoms with Crippen LogP contribution < -0.4 is 0 Å². The maximum Gasteiger partial charge on any atom is 0.122 e. The Morgan fingerprint density at radius 3 is 2.86 bits per heavy atom. The van der Waals surface area contributed by atoms with Gasteiger partial charge in [0, 0.05) is 0 Å². The van der Waals surface area contributed by atoms with E-state index in [4.69, 9.17) is 11.6 Å². The minimum absolute atomic E-state index is 0.437. The van der Waals surface area contributed by atoms with Gasteiger partial charge in [-0.25, -0.2) is 4.98 Å². The number of H-pyrrole nitrogens is 1. The van der Waals surface area contributed by atoms with Crippen LogP contribution in [-0.2, 0) is 5.88 Å². The van der Waals surface area contributed by atoms with E-state index in [-0.39, 0.29) is 0 Å². The van der Waals surface area contributed by atoms with E-state index in [9.17, 15) is 0 Å². The molecule has 1 aromatic carbocycles. The van der Waals surface area contributed by atoms with Gasteiger partial charge in [-0.15, -0.1) is 11.6 Å². The summed E-state index contributed by atoms with van der Waals surface area (Å²) in [5, 5.41) is 0. The number of aromatic nitrogens is 2. The molecule has 0 spiro atoms. The minimum atomic E-state index is 0.437. The van der Waals surface area contributed by atoms with E-state index in [0.717, 1.165) is 16.9 Å². The third kappa shape index (κ3) is 1.50. The monoisotopic (exact) mass is 208 g/mol. The van der Waals surface area contributed by atoms with E-state index >= 15 is 0 Å². The lowest BCUT2D eigenvalue weighted by Gasteiger charge is -2.04. The van der Waals surface area contributed by atoms with Gasteiger partial charge in [-0.1, -0.05) is 26.0 Å². The summed E-state index contributed by atoms with van der Waals surface area (Å²) in [5.41, 5.74) is 3.40. The number of para-hydroxylation sites is 1. The van der Waals surface area contributed by atoms with Crippen molar-refractivity contribution in [3.05, 3.63) is 29.6 Å². The van der Waals surface area contributed by atoms with Crippen molar-refractivity contribution in [3.63, 3.8) is 0 Å². The largest absolute Gasteiger partial charge is 0.341 e. The number of halogens is 1. The van der Waals surface area contributed by atoms with Crippen LogP contribution in [0.5, 0.6) is 0 Å². The molecule has 0 aliphatic carbocycles. The maximum atomic E-state index is 5.74. The number of aromatic amines is 1. The van der Waals surface area contributed by atoms with Gasteiger partial charge in [-0.05, 0) is 17.5 Å². The number of hydrogen-bond donors (Lipinski definition) is 1. The molecule has 74 valence electrons. The summed E-state index contributed by atoms with van der Waals surface area (Å²) < 4.78 is 0. The molecule has 2 nitrogen and oxygen atoms in total. The molecule has 3 heteroatoms. The van der Waals surface area contributed by atoms with Crippen molar-refractivity contribution in [1.82, 2.24) is 9.97 Å². The van der Waals surface area contributed by atoms with Gasteiger partial charge in [0.1, 0.15) is 5.82 Å². The predicted molar refractivity (Wildman–Crippen MR) is 59.7 cm³/mol. The van der Waals surface area contributed by atoms with Crippen LogP contribution in [0.3, 0.4) is 0 Å². The Labute approximate surface area is 88.3 Å². The molecule has 0 aliphatic heterocycles. The molecule has 14 heavy (non-hydrogen) atoms. The van der Waals surface area contributed by atoms with Crippen LogP contribution in [0, 0.1) is 0 Å². The number of fused-ring (bicyclic) bond motifs is 1. The number of hydrogen-bond acceptors (Lipinski definition) is 1. The molecule has 0 saturated carbocycles. The topological polar surface area (TPSA) is 28.7 Å². The van der Waals surface area contributed by atoms with Crippen LogP contribution in [0.1, 0.15) is 31.2 Å². The molecule has 0 amide bonds. The van der Waals surface area contributed by atoms with E-state index in [1.807, 2.05) is 12.1 Å². The van der Waals surface area contributed by atoms with Gasteiger partial charge in [-0.3, -0.25) is 0 Å². The Kier molecular flexibility index (Phi) is 2.46. The van der Waals surface area contributed by atoms with E-state index < -0.39 is 0 Å². The fraction of sp³-hybridized carbons (Fsp3) is 0.364. The second-order valence-corrected chi connectivity index (χ2v) is 3.98. The lowest BCUT2D eigenvalue weighted by molar-refractivity contribution is 0.873. The highest BCUT2D eigenvalue weighted by molar-refractivity contribution is 6.16. The molecule has 1 aromatic heterocycles. The molecular formula is C11H13ClN2. The summed E-state index contributed by atoms with van der Waals surface area (Å²) in [7, 11) is 0. The van der Waals surface area contributed by atoms with Crippen molar-refractivity contribution in [1.29, 1.82) is 0 Å². The van der Waals surface area contributed by atoms with E-state index in [1.165, 1.54) is 5.56 Å². The minimum Gasteiger partial charge on any atom is -0.341 e. The van der Waals surface area contributed by atoms with Crippen molar-refractivity contribution >= 4 is 22.6 Å². The van der Waals surface area contributed by atoms with Crippen LogP contribution in [0.25, 0.3) is 11.0 Å². The second-order valence-electron chi connectivity index (χ2n) is 3.72. The molecule has 0 aliphatic rings. The Morgan fingerprint density at radius 1 is 1.43 bits per heavy atom. The van der Waals surface area contributed by atoms with Crippen molar-refractivity contribution in [2.45, 2.75) is 25.6 Å². The Bertz CT molecular complexity index is 445. The van der Waals surface area contributed by atoms with Crippen molar-refractivity contribution in [3.8, 4) is 0 Å². The molecule has 0 bridgehead atoms. The van der Waals surface area contributed by atoms with Gasteiger partial charge in [0.15, 0.2) is 0 Å². The van der Waals surface area contributed by atoms with Crippen LogP contribution in [0.4, 0.5) is 0 Å². The average Bonchev–Trinajstić information content (AvgIpc) is 2.59. The van der Waals surface area contributed by atoms with E-state index in [0.29, 0.717) is 11.8 Å². The highest BCUT2D eigenvalue weighted by atomic mass is 35.5. The molecule has 1 N–H and O–H groups in total. The van der Waals surface area contributed by atoms with Crippen LogP contribution in [0.2, 0.25) is 0 Å². The van der Waals surface area contributed by atoms with Gasteiger partial charge in [0.05, 0.1) is 16.9 Å². The molecule has 0 radical (unpaired) electrons. The van der Waals surface area contributed by atoms with E-state index in [1.54, 1.807) is 0 Å². The number of nitrogens with one attached hydrogen (secondary N) is 1. The summed E-state index contributed by atoms with van der Waals surface area (Å²) in [6.07, 6.45) is 0. The van der Waals surface area contributed by atoms with Crippen LogP contribution in [0.15, 0.2) is 18.2 Å². The van der Waals surface area contributed by atoms with E-state index in [2.05, 4.69) is 29.9 Å². The first-order chi connectivity index (χ1) is 6.72. The molecule has 2 aromatic rings. The number of imidazole rings is 1. The summed E-state index contributed by atoms with van der Waals surface area (Å²) in [4.78, 5) is 7.66. The standard InChI is InChI=1S/C11H13ClN2/c1-7(2)8-4-3-5-9-11(8)14-10(6-12)13-9/h3-5,7H,6H2,1-2H3,(H,13,14). The maximum absolute atomic E-state index is 5.74. The number of rotatable bonds is 2. The molecule has 0 fully saturated rings. The third-order valence-corrected chi connectivity index (χ3v) is 2.59. The molecular weight excluding hydrogens is 196 g/mol. The molecule has 2 rings (SSSR count). The number of alkyl halides is 1. The Hall–Kier alpha value is -1.02. The fourth-order valence-electron chi connectivity index (χ4n) is 1.63. The average molecular weight is 209 g/mol. The van der Waals surface area contributed by atoms with Crippen molar-refractivity contribution in [2.24, 2.45) is 0 Å². The molecule has 0 saturated heterocycles. The first kappa shape index (κ1) is 9.53. The van der Waals surface area contributed by atoms with Crippen LogP contribution in [-0.4, -0.2) is 9.97 Å². The van der Waals surface area contributed by atoms with Gasteiger partial charge in [0.25, 0.3) is 0 Å². The van der Waals surface area contributed by atoms with Gasteiger partial charge >= 0.3 is 0 Å². The Balaban J connectivity index is 2.66. The lowest BCUT2D eigenvalue weighted by Crippen LogP contribution is -1.88. The van der Waals surface area contributed by atoms with Gasteiger partial charge in [0.2, 0.25) is 0 Å². The Morgan fingerprint density at radius 2 is 2.21 bits per heavy atom. The zero-order valence-electron chi connectivity index (χ0n) is 8.34. The zero-order valence-corrected chi connectivity index (χ0v) is 9.10. The quantitative estimate of drug-likeness (QED) is 0.753. The number of benzene rings is 1. The third-order valence-electron chi connectivity index (χ3n) is 2.34. The fourth-order valence-corrected chi connectivity index (χ4v) is 1.76. The van der Waals surface area contributed by atoms with Crippen molar-refractivity contribution in [2.75, 3.05) is 0 Å². The molecule has 1 heterocycles. The SMILES string of the molecule is CC(C)c1cccc2[nH]c(CCl)nc12. The highest BCUT2D eigenvalue weighted by Gasteiger charge is 2.08.